The summed E-state index contributed by atoms with van der Waals surface area (Å²) in [7, 11) is 1.67. The van der Waals surface area contributed by atoms with Crippen molar-refractivity contribution in [2.75, 3.05) is 12.4 Å². The number of hydrogen-bond donors (Lipinski definition) is 1. The molecule has 1 amide bonds. The molecule has 3 aromatic rings. The number of carbonyl (C=O) groups excluding carboxylic acids is 1. The first kappa shape index (κ1) is 19.4. The van der Waals surface area contributed by atoms with E-state index in [0.717, 1.165) is 17.7 Å². The van der Waals surface area contributed by atoms with Crippen molar-refractivity contribution in [3.05, 3.63) is 89.7 Å². The highest BCUT2D eigenvalue weighted by molar-refractivity contribution is 6.00. The van der Waals surface area contributed by atoms with E-state index < -0.39 is 11.7 Å². The van der Waals surface area contributed by atoms with Crippen LogP contribution in [0.4, 0.5) is 24.5 Å². The molecule has 0 radical (unpaired) electrons. The van der Waals surface area contributed by atoms with Gasteiger partial charge < -0.3 is 10.2 Å². The molecule has 144 valence electrons. The van der Waals surface area contributed by atoms with E-state index >= 15 is 0 Å². The van der Waals surface area contributed by atoms with Crippen LogP contribution in [0.5, 0.6) is 0 Å². The Kier molecular flexibility index (Phi) is 5.63. The van der Waals surface area contributed by atoms with Crippen LogP contribution in [0.1, 0.15) is 21.5 Å². The molecular formula is C21H18F3N3O. The highest BCUT2D eigenvalue weighted by Gasteiger charge is 2.30. The molecule has 0 spiro atoms. The van der Waals surface area contributed by atoms with Gasteiger partial charge in [0.15, 0.2) is 0 Å². The minimum absolute atomic E-state index is 0.244. The summed E-state index contributed by atoms with van der Waals surface area (Å²) < 4.78 is 38.8. The Labute approximate surface area is 160 Å². The molecule has 28 heavy (non-hydrogen) atoms. The Hall–Kier alpha value is -3.35. The van der Waals surface area contributed by atoms with E-state index in [2.05, 4.69) is 10.3 Å². The first-order chi connectivity index (χ1) is 13.3. The number of nitrogens with one attached hydrogen (secondary N) is 1. The maximum atomic E-state index is 12.9. The van der Waals surface area contributed by atoms with Gasteiger partial charge in [0.05, 0.1) is 16.8 Å². The lowest BCUT2D eigenvalue weighted by atomic mass is 10.1. The molecular weight excluding hydrogens is 367 g/mol. The molecule has 0 aliphatic heterocycles. The molecule has 0 atom stereocenters. The number of hydrogen-bond acceptors (Lipinski definition) is 3. The first-order valence-electron chi connectivity index (χ1n) is 8.52. The number of aromatic nitrogens is 1. The molecule has 1 aromatic heterocycles. The summed E-state index contributed by atoms with van der Waals surface area (Å²) >= 11 is 0. The van der Waals surface area contributed by atoms with Crippen LogP contribution in [0.25, 0.3) is 0 Å². The fourth-order valence-corrected chi connectivity index (χ4v) is 2.75. The van der Waals surface area contributed by atoms with Gasteiger partial charge in [-0.05, 0) is 48.0 Å². The smallest absolute Gasteiger partial charge is 0.355 e. The van der Waals surface area contributed by atoms with E-state index in [9.17, 15) is 18.0 Å². The summed E-state index contributed by atoms with van der Waals surface area (Å²) in [6, 6.07) is 15.2. The van der Waals surface area contributed by atoms with Gasteiger partial charge in [-0.1, -0.05) is 18.2 Å². The number of rotatable bonds is 5. The van der Waals surface area contributed by atoms with Gasteiger partial charge in [-0.2, -0.15) is 13.2 Å². The maximum absolute atomic E-state index is 12.9. The first-order valence-corrected chi connectivity index (χ1v) is 8.52. The van der Waals surface area contributed by atoms with Crippen LogP contribution in [-0.2, 0) is 12.7 Å². The van der Waals surface area contributed by atoms with Crippen LogP contribution in [0.2, 0.25) is 0 Å². The van der Waals surface area contributed by atoms with Gasteiger partial charge in [-0.25, -0.2) is 0 Å². The van der Waals surface area contributed by atoms with Gasteiger partial charge in [0.25, 0.3) is 5.91 Å². The highest BCUT2D eigenvalue weighted by atomic mass is 19.4. The number of amides is 1. The Balaban J connectivity index is 1.82. The van der Waals surface area contributed by atoms with Crippen LogP contribution < -0.4 is 5.32 Å². The topological polar surface area (TPSA) is 45.2 Å². The predicted octanol–water partition coefficient (Wildman–Crippen LogP) is 5.12. The molecule has 1 heterocycles. The molecule has 0 unspecified atom stereocenters. The normalized spacial score (nSPS) is 11.1. The maximum Gasteiger partial charge on any atom is 0.416 e. The lowest BCUT2D eigenvalue weighted by molar-refractivity contribution is -0.137. The quantitative estimate of drug-likeness (QED) is 0.663. The zero-order chi connectivity index (χ0) is 20.1. The molecule has 4 nitrogen and oxygen atoms in total. The summed E-state index contributed by atoms with van der Waals surface area (Å²) in [6.45, 7) is 0.388. The number of anilines is 2. The van der Waals surface area contributed by atoms with E-state index in [1.165, 1.54) is 12.1 Å². The fourth-order valence-electron chi connectivity index (χ4n) is 2.75. The van der Waals surface area contributed by atoms with Crippen molar-refractivity contribution in [2.45, 2.75) is 12.7 Å². The zero-order valence-electron chi connectivity index (χ0n) is 15.1. The number of para-hydroxylation sites is 1. The summed E-state index contributed by atoms with van der Waals surface area (Å²) in [5.74, 6) is -0.244. The van der Waals surface area contributed by atoms with E-state index in [-0.39, 0.29) is 11.6 Å². The van der Waals surface area contributed by atoms with Crippen molar-refractivity contribution in [1.29, 1.82) is 0 Å². The Bertz CT molecular complexity index is 958. The van der Waals surface area contributed by atoms with Crippen molar-refractivity contribution in [2.24, 2.45) is 0 Å². The summed E-state index contributed by atoms with van der Waals surface area (Å²) in [5.41, 5.74) is 1.24. The summed E-state index contributed by atoms with van der Waals surface area (Å²) in [5, 5.41) is 2.93. The molecule has 2 aromatic carbocycles. The van der Waals surface area contributed by atoms with Crippen LogP contribution in [0, 0.1) is 0 Å². The lowest BCUT2D eigenvalue weighted by Gasteiger charge is -2.20. The summed E-state index contributed by atoms with van der Waals surface area (Å²) in [6.07, 6.45) is -1.13. The van der Waals surface area contributed by atoms with Crippen LogP contribution in [0.15, 0.2) is 73.1 Å². The van der Waals surface area contributed by atoms with E-state index in [1.54, 1.807) is 48.6 Å². The molecule has 0 bridgehead atoms. The number of alkyl halides is 3. The average molecular weight is 385 g/mol. The Morgan fingerprint density at radius 3 is 2.46 bits per heavy atom. The fraction of sp³-hybridized carbons (Fsp3) is 0.143. The van der Waals surface area contributed by atoms with Gasteiger partial charge in [0.2, 0.25) is 0 Å². The van der Waals surface area contributed by atoms with E-state index in [4.69, 9.17) is 0 Å². The molecule has 0 saturated heterocycles. The molecule has 0 fully saturated rings. The van der Waals surface area contributed by atoms with Gasteiger partial charge in [-0.3, -0.25) is 9.78 Å². The molecule has 3 rings (SSSR count). The van der Waals surface area contributed by atoms with Crippen LogP contribution >= 0.6 is 0 Å². The monoisotopic (exact) mass is 385 g/mol. The predicted molar refractivity (Wildman–Crippen MR) is 101 cm³/mol. The molecule has 1 N–H and O–H groups in total. The van der Waals surface area contributed by atoms with E-state index in [1.807, 2.05) is 12.1 Å². The van der Waals surface area contributed by atoms with Crippen LogP contribution in [-0.4, -0.2) is 22.8 Å². The van der Waals surface area contributed by atoms with Gasteiger partial charge in [0.1, 0.15) is 0 Å². The standard InChI is InChI=1S/C21H18F3N3O/c1-27(14-15-9-11-25-12-10-15)20(28)18-7-2-3-8-19(18)26-17-6-4-5-16(13-17)21(22,23)24/h2-13,26H,14H2,1H3. The third-order valence-electron chi connectivity index (χ3n) is 4.14. The number of benzene rings is 2. The van der Waals surface area contributed by atoms with Crippen molar-refractivity contribution in [1.82, 2.24) is 9.88 Å². The van der Waals surface area contributed by atoms with Gasteiger partial charge in [-0.15, -0.1) is 0 Å². The second-order valence-corrected chi connectivity index (χ2v) is 6.27. The average Bonchev–Trinajstić information content (AvgIpc) is 2.68. The zero-order valence-corrected chi connectivity index (χ0v) is 15.1. The second-order valence-electron chi connectivity index (χ2n) is 6.27. The minimum atomic E-state index is -4.43. The highest BCUT2D eigenvalue weighted by Crippen LogP contribution is 2.32. The molecule has 0 aliphatic rings. The van der Waals surface area contributed by atoms with E-state index in [0.29, 0.717) is 17.8 Å². The van der Waals surface area contributed by atoms with Crippen molar-refractivity contribution < 1.29 is 18.0 Å². The third-order valence-corrected chi connectivity index (χ3v) is 4.14. The minimum Gasteiger partial charge on any atom is -0.355 e. The number of halogens is 3. The van der Waals surface area contributed by atoms with Crippen molar-refractivity contribution in [3.8, 4) is 0 Å². The van der Waals surface area contributed by atoms with Crippen molar-refractivity contribution >= 4 is 17.3 Å². The third kappa shape index (κ3) is 4.68. The van der Waals surface area contributed by atoms with Gasteiger partial charge >= 0.3 is 6.18 Å². The Morgan fingerprint density at radius 1 is 1.04 bits per heavy atom. The number of nitrogens with zero attached hydrogens (tertiary/aromatic N) is 2. The van der Waals surface area contributed by atoms with Crippen LogP contribution in [0.3, 0.4) is 0 Å². The molecule has 0 saturated carbocycles. The van der Waals surface area contributed by atoms with Gasteiger partial charge in [0, 0.05) is 31.7 Å². The van der Waals surface area contributed by atoms with Crippen molar-refractivity contribution in [3.63, 3.8) is 0 Å². The largest absolute Gasteiger partial charge is 0.416 e. The number of pyridine rings is 1. The Morgan fingerprint density at radius 2 is 1.75 bits per heavy atom. The molecule has 7 heteroatoms. The number of carbonyl (C=O) groups is 1. The second kappa shape index (κ2) is 8.12. The lowest BCUT2D eigenvalue weighted by Crippen LogP contribution is -2.26. The molecule has 0 aliphatic carbocycles. The SMILES string of the molecule is CN(Cc1ccncc1)C(=O)c1ccccc1Nc1cccc(C(F)(F)F)c1. The summed E-state index contributed by atoms with van der Waals surface area (Å²) in [4.78, 5) is 18.4.